The molecule has 2 N–H and O–H groups in total. The van der Waals surface area contributed by atoms with Gasteiger partial charge in [-0.15, -0.1) is 0 Å². The molecule has 0 spiro atoms. The SMILES string of the molecule is CNC(=O)C(C)(C)NC(=O)[C@H]1CCCN(C2CCN(Cc3cccnc3)CC2)C1. The summed E-state index contributed by atoms with van der Waals surface area (Å²) in [7, 11) is 1.60. The Hall–Kier alpha value is -1.99. The van der Waals surface area contributed by atoms with E-state index in [2.05, 4.69) is 31.5 Å². The van der Waals surface area contributed by atoms with E-state index in [1.165, 1.54) is 5.56 Å². The highest BCUT2D eigenvalue weighted by molar-refractivity contribution is 5.91. The summed E-state index contributed by atoms with van der Waals surface area (Å²) in [5.74, 6) is -0.210. The second-order valence-corrected chi connectivity index (χ2v) is 8.90. The lowest BCUT2D eigenvalue weighted by Crippen LogP contribution is -2.57. The number of aromatic nitrogens is 1. The van der Waals surface area contributed by atoms with Gasteiger partial charge in [0, 0.05) is 38.6 Å². The smallest absolute Gasteiger partial charge is 0.244 e. The van der Waals surface area contributed by atoms with Crippen molar-refractivity contribution in [3.05, 3.63) is 30.1 Å². The first-order chi connectivity index (χ1) is 13.9. The summed E-state index contributed by atoms with van der Waals surface area (Å²) in [5.41, 5.74) is 0.380. The zero-order valence-electron chi connectivity index (χ0n) is 18.0. The van der Waals surface area contributed by atoms with Crippen molar-refractivity contribution in [3.63, 3.8) is 0 Å². The highest BCUT2D eigenvalue weighted by atomic mass is 16.2. The van der Waals surface area contributed by atoms with E-state index in [-0.39, 0.29) is 17.7 Å². The lowest BCUT2D eigenvalue weighted by Gasteiger charge is -2.42. The molecular formula is C22H35N5O2. The van der Waals surface area contributed by atoms with Crippen LogP contribution in [0.1, 0.15) is 45.1 Å². The van der Waals surface area contributed by atoms with Gasteiger partial charge in [-0.3, -0.25) is 24.4 Å². The summed E-state index contributed by atoms with van der Waals surface area (Å²) >= 11 is 0. The van der Waals surface area contributed by atoms with Crippen molar-refractivity contribution in [3.8, 4) is 0 Å². The average Bonchev–Trinajstić information content (AvgIpc) is 2.74. The van der Waals surface area contributed by atoms with Crippen molar-refractivity contribution in [1.82, 2.24) is 25.4 Å². The van der Waals surface area contributed by atoms with Crippen molar-refractivity contribution in [1.29, 1.82) is 0 Å². The van der Waals surface area contributed by atoms with E-state index >= 15 is 0 Å². The highest BCUT2D eigenvalue weighted by Crippen LogP contribution is 2.25. The van der Waals surface area contributed by atoms with Crippen LogP contribution in [0.3, 0.4) is 0 Å². The van der Waals surface area contributed by atoms with E-state index in [1.807, 2.05) is 18.5 Å². The molecule has 29 heavy (non-hydrogen) atoms. The Bertz CT molecular complexity index is 686. The number of carbonyl (C=O) groups excluding carboxylic acids is 2. The van der Waals surface area contributed by atoms with Crippen LogP contribution >= 0.6 is 0 Å². The van der Waals surface area contributed by atoms with E-state index in [0.717, 1.165) is 58.4 Å². The number of rotatable bonds is 6. The molecule has 0 aromatic carbocycles. The number of likely N-dealkylation sites (tertiary alicyclic amines) is 2. The number of carbonyl (C=O) groups is 2. The van der Waals surface area contributed by atoms with Crippen molar-refractivity contribution in [2.24, 2.45) is 5.92 Å². The minimum atomic E-state index is -0.883. The van der Waals surface area contributed by atoms with Gasteiger partial charge in [-0.25, -0.2) is 0 Å². The van der Waals surface area contributed by atoms with E-state index < -0.39 is 5.54 Å². The zero-order valence-corrected chi connectivity index (χ0v) is 18.0. The number of nitrogens with zero attached hydrogens (tertiary/aromatic N) is 3. The maximum atomic E-state index is 12.8. The van der Waals surface area contributed by atoms with Gasteiger partial charge in [-0.1, -0.05) is 6.07 Å². The molecule has 0 aliphatic carbocycles. The first-order valence-electron chi connectivity index (χ1n) is 10.8. The molecule has 2 fully saturated rings. The molecule has 0 bridgehead atoms. The van der Waals surface area contributed by atoms with Crippen molar-refractivity contribution < 1.29 is 9.59 Å². The minimum absolute atomic E-state index is 0.00249. The molecule has 7 heteroatoms. The molecule has 7 nitrogen and oxygen atoms in total. The molecule has 3 heterocycles. The van der Waals surface area contributed by atoms with E-state index in [1.54, 1.807) is 20.9 Å². The number of pyridine rings is 1. The topological polar surface area (TPSA) is 77.6 Å². The molecule has 3 rings (SSSR count). The van der Waals surface area contributed by atoms with Crippen LogP contribution in [-0.2, 0) is 16.1 Å². The van der Waals surface area contributed by atoms with Crippen LogP contribution in [0.2, 0.25) is 0 Å². The molecule has 2 saturated heterocycles. The van der Waals surface area contributed by atoms with Crippen LogP contribution in [-0.4, -0.2) is 71.4 Å². The van der Waals surface area contributed by atoms with E-state index in [0.29, 0.717) is 6.04 Å². The molecule has 2 amide bonds. The Labute approximate surface area is 174 Å². The predicted molar refractivity (Wildman–Crippen MR) is 113 cm³/mol. The fourth-order valence-electron chi connectivity index (χ4n) is 4.52. The normalized spacial score (nSPS) is 22.2. The van der Waals surface area contributed by atoms with Gasteiger partial charge in [-0.05, 0) is 70.8 Å². The molecule has 0 radical (unpaired) electrons. The number of piperidine rings is 2. The summed E-state index contributed by atoms with van der Waals surface area (Å²) < 4.78 is 0. The number of hydrogen-bond donors (Lipinski definition) is 2. The summed E-state index contributed by atoms with van der Waals surface area (Å²) in [6.45, 7) is 8.48. The Morgan fingerprint density at radius 2 is 1.97 bits per heavy atom. The Morgan fingerprint density at radius 1 is 1.21 bits per heavy atom. The molecule has 1 atom stereocenters. The quantitative estimate of drug-likeness (QED) is 0.753. The van der Waals surface area contributed by atoms with Crippen LogP contribution in [0.5, 0.6) is 0 Å². The second kappa shape index (κ2) is 9.67. The first kappa shape index (κ1) is 21.7. The maximum Gasteiger partial charge on any atom is 0.244 e. The van der Waals surface area contributed by atoms with E-state index in [4.69, 9.17) is 0 Å². The summed E-state index contributed by atoms with van der Waals surface area (Å²) in [4.78, 5) is 34.0. The summed E-state index contributed by atoms with van der Waals surface area (Å²) in [6, 6.07) is 4.67. The lowest BCUT2D eigenvalue weighted by atomic mass is 9.92. The largest absolute Gasteiger partial charge is 0.357 e. The van der Waals surface area contributed by atoms with Gasteiger partial charge in [0.2, 0.25) is 11.8 Å². The van der Waals surface area contributed by atoms with Crippen LogP contribution in [0.4, 0.5) is 0 Å². The Morgan fingerprint density at radius 3 is 2.62 bits per heavy atom. The zero-order chi connectivity index (χ0) is 20.9. The third kappa shape index (κ3) is 5.76. The number of hydrogen-bond acceptors (Lipinski definition) is 5. The van der Waals surface area contributed by atoms with Crippen LogP contribution in [0.15, 0.2) is 24.5 Å². The van der Waals surface area contributed by atoms with Gasteiger partial charge in [0.05, 0.1) is 5.92 Å². The van der Waals surface area contributed by atoms with Gasteiger partial charge in [0.25, 0.3) is 0 Å². The monoisotopic (exact) mass is 401 g/mol. The molecule has 1 aromatic heterocycles. The first-order valence-corrected chi connectivity index (χ1v) is 10.8. The van der Waals surface area contributed by atoms with Gasteiger partial charge >= 0.3 is 0 Å². The van der Waals surface area contributed by atoms with Gasteiger partial charge in [-0.2, -0.15) is 0 Å². The van der Waals surface area contributed by atoms with E-state index in [9.17, 15) is 9.59 Å². The number of likely N-dealkylation sites (N-methyl/N-ethyl adjacent to an activating group) is 1. The Balaban J connectivity index is 1.48. The highest BCUT2D eigenvalue weighted by Gasteiger charge is 2.35. The maximum absolute atomic E-state index is 12.8. The van der Waals surface area contributed by atoms with Crippen LogP contribution < -0.4 is 10.6 Å². The van der Waals surface area contributed by atoms with Gasteiger partial charge in [0.15, 0.2) is 0 Å². The summed E-state index contributed by atoms with van der Waals surface area (Å²) in [5, 5.41) is 5.57. The minimum Gasteiger partial charge on any atom is -0.357 e. The van der Waals surface area contributed by atoms with Gasteiger partial charge < -0.3 is 10.6 Å². The summed E-state index contributed by atoms with van der Waals surface area (Å²) in [6.07, 6.45) is 7.96. The third-order valence-corrected chi connectivity index (χ3v) is 6.26. The molecule has 160 valence electrons. The van der Waals surface area contributed by atoms with Crippen molar-refractivity contribution >= 4 is 11.8 Å². The standard InChI is InChI=1S/C22H35N5O2/c1-22(2,21(29)23-3)25-20(28)18-7-5-11-27(16-18)19-8-12-26(13-9-19)15-17-6-4-10-24-14-17/h4,6,10,14,18-19H,5,7-9,11-13,15-16H2,1-3H3,(H,23,29)(H,25,28)/t18-/m0/s1. The molecule has 1 aromatic rings. The van der Waals surface area contributed by atoms with Gasteiger partial charge in [0.1, 0.15) is 5.54 Å². The van der Waals surface area contributed by atoms with Crippen molar-refractivity contribution in [2.45, 2.75) is 57.7 Å². The fraction of sp³-hybridized carbons (Fsp3) is 0.682. The molecule has 2 aliphatic rings. The van der Waals surface area contributed by atoms with Crippen LogP contribution in [0, 0.1) is 5.92 Å². The number of nitrogens with one attached hydrogen (secondary N) is 2. The predicted octanol–water partition coefficient (Wildman–Crippen LogP) is 1.40. The van der Waals surface area contributed by atoms with Crippen LogP contribution in [0.25, 0.3) is 0 Å². The molecule has 0 saturated carbocycles. The molecule has 2 aliphatic heterocycles. The average molecular weight is 402 g/mol. The Kier molecular flexibility index (Phi) is 7.24. The van der Waals surface area contributed by atoms with Crippen molar-refractivity contribution in [2.75, 3.05) is 33.2 Å². The second-order valence-electron chi connectivity index (χ2n) is 8.90. The number of amides is 2. The molecule has 0 unspecified atom stereocenters. The molecular weight excluding hydrogens is 366 g/mol. The third-order valence-electron chi connectivity index (χ3n) is 6.26. The lowest BCUT2D eigenvalue weighted by molar-refractivity contribution is -0.135. The fourth-order valence-corrected chi connectivity index (χ4v) is 4.52.